The van der Waals surface area contributed by atoms with Gasteiger partial charge in [0.25, 0.3) is 0 Å². The van der Waals surface area contributed by atoms with Gasteiger partial charge in [-0.2, -0.15) is 0 Å². The lowest BCUT2D eigenvalue weighted by Crippen LogP contribution is -2.43. The highest BCUT2D eigenvalue weighted by Gasteiger charge is 2.23. The molecular formula is C15H18N4O2. The molecule has 0 aromatic carbocycles. The molecule has 0 bridgehead atoms. The van der Waals surface area contributed by atoms with E-state index in [0.717, 1.165) is 11.3 Å². The Labute approximate surface area is 122 Å². The van der Waals surface area contributed by atoms with Crippen molar-refractivity contribution in [3.8, 4) is 0 Å². The number of nitrogens with zero attached hydrogens (tertiary/aromatic N) is 2. The Bertz CT molecular complexity index is 621. The van der Waals surface area contributed by atoms with E-state index < -0.39 is 0 Å². The summed E-state index contributed by atoms with van der Waals surface area (Å²) in [6.07, 6.45) is 5.69. The minimum absolute atomic E-state index is 0.0127. The molecule has 1 saturated heterocycles. The maximum Gasteiger partial charge on any atom is 0.224 e. The molecule has 3 heterocycles. The summed E-state index contributed by atoms with van der Waals surface area (Å²) in [7, 11) is 0. The second-order valence-electron chi connectivity index (χ2n) is 5.28. The van der Waals surface area contributed by atoms with Gasteiger partial charge in [-0.05, 0) is 18.6 Å². The van der Waals surface area contributed by atoms with Gasteiger partial charge < -0.3 is 15.0 Å². The largest absolute Gasteiger partial charge is 0.355 e. The number of carbonyl (C=O) groups excluding carboxylic acids is 2. The molecule has 0 radical (unpaired) electrons. The average molecular weight is 286 g/mol. The Balaban J connectivity index is 1.49. The van der Waals surface area contributed by atoms with E-state index in [0.29, 0.717) is 32.4 Å². The number of carbonyl (C=O) groups is 2. The van der Waals surface area contributed by atoms with Crippen LogP contribution in [-0.4, -0.2) is 34.3 Å². The molecule has 1 aliphatic rings. The minimum atomic E-state index is -0.108. The first-order valence-electron chi connectivity index (χ1n) is 7.19. The summed E-state index contributed by atoms with van der Waals surface area (Å²) >= 11 is 0. The smallest absolute Gasteiger partial charge is 0.224 e. The molecule has 2 aromatic heterocycles. The fraction of sp³-hybridized carbons (Fsp3) is 0.400. The average Bonchev–Trinajstić information content (AvgIpc) is 2.90. The van der Waals surface area contributed by atoms with Gasteiger partial charge in [0.15, 0.2) is 0 Å². The lowest BCUT2D eigenvalue weighted by atomic mass is 9.98. The summed E-state index contributed by atoms with van der Waals surface area (Å²) in [5.41, 5.74) is 1.87. The lowest BCUT2D eigenvalue weighted by molar-refractivity contribution is -0.128. The summed E-state index contributed by atoms with van der Waals surface area (Å²) in [6.45, 7) is 1.01. The zero-order valence-electron chi connectivity index (χ0n) is 11.7. The fourth-order valence-electron chi connectivity index (χ4n) is 2.52. The van der Waals surface area contributed by atoms with Crippen molar-refractivity contribution in [1.82, 2.24) is 20.0 Å². The molecule has 6 nitrogen and oxygen atoms in total. The van der Waals surface area contributed by atoms with Gasteiger partial charge in [-0.1, -0.05) is 6.07 Å². The number of imidazole rings is 1. The van der Waals surface area contributed by atoms with Gasteiger partial charge in [0, 0.05) is 38.3 Å². The van der Waals surface area contributed by atoms with Gasteiger partial charge in [0.1, 0.15) is 5.65 Å². The van der Waals surface area contributed by atoms with Crippen LogP contribution in [0.15, 0.2) is 30.6 Å². The van der Waals surface area contributed by atoms with Crippen LogP contribution in [-0.2, 0) is 16.0 Å². The third-order valence-electron chi connectivity index (χ3n) is 3.73. The maximum absolute atomic E-state index is 12.0. The standard InChI is InChI=1S/C15H18N4O2/c20-14-5-4-11(9-17-14)15(21)16-7-6-12-10-19-8-2-1-3-13(19)18-12/h1-3,8,10-11H,4-7,9H2,(H,16,21)(H,17,20). The van der Waals surface area contributed by atoms with Crippen molar-refractivity contribution in [2.45, 2.75) is 19.3 Å². The number of hydrogen-bond donors (Lipinski definition) is 2. The molecule has 2 N–H and O–H groups in total. The molecule has 2 aromatic rings. The first-order chi connectivity index (χ1) is 10.2. The number of amides is 2. The SMILES string of the molecule is O=C1CCC(C(=O)NCCc2cn3ccccc3n2)CN1. The van der Waals surface area contributed by atoms with Gasteiger partial charge in [-0.25, -0.2) is 4.98 Å². The molecule has 3 rings (SSSR count). The van der Waals surface area contributed by atoms with Crippen LogP contribution in [0.3, 0.4) is 0 Å². The van der Waals surface area contributed by atoms with Crippen LogP contribution in [0, 0.1) is 5.92 Å². The molecule has 1 fully saturated rings. The van der Waals surface area contributed by atoms with Crippen LogP contribution in [0.25, 0.3) is 5.65 Å². The third kappa shape index (κ3) is 3.21. The van der Waals surface area contributed by atoms with Gasteiger partial charge in [0.2, 0.25) is 11.8 Å². The van der Waals surface area contributed by atoms with Crippen molar-refractivity contribution in [2.24, 2.45) is 5.92 Å². The summed E-state index contributed by atoms with van der Waals surface area (Å²) in [4.78, 5) is 27.5. The number of nitrogens with one attached hydrogen (secondary N) is 2. The van der Waals surface area contributed by atoms with Crippen molar-refractivity contribution < 1.29 is 9.59 Å². The second-order valence-corrected chi connectivity index (χ2v) is 5.28. The molecule has 2 amide bonds. The van der Waals surface area contributed by atoms with Crippen LogP contribution in [0.1, 0.15) is 18.5 Å². The van der Waals surface area contributed by atoms with Gasteiger partial charge in [-0.15, -0.1) is 0 Å². The Hall–Kier alpha value is -2.37. The summed E-state index contributed by atoms with van der Waals surface area (Å²) in [5, 5.41) is 5.64. The molecule has 21 heavy (non-hydrogen) atoms. The number of aromatic nitrogens is 2. The quantitative estimate of drug-likeness (QED) is 0.860. The molecular weight excluding hydrogens is 268 g/mol. The lowest BCUT2D eigenvalue weighted by Gasteiger charge is -2.21. The third-order valence-corrected chi connectivity index (χ3v) is 3.73. The molecule has 0 saturated carbocycles. The topological polar surface area (TPSA) is 75.5 Å². The zero-order chi connectivity index (χ0) is 14.7. The van der Waals surface area contributed by atoms with Crippen molar-refractivity contribution in [1.29, 1.82) is 0 Å². The van der Waals surface area contributed by atoms with E-state index in [1.54, 1.807) is 0 Å². The predicted octanol–water partition coefficient (Wildman–Crippen LogP) is 0.519. The van der Waals surface area contributed by atoms with E-state index in [1.807, 2.05) is 35.0 Å². The van der Waals surface area contributed by atoms with Gasteiger partial charge in [0.05, 0.1) is 11.6 Å². The Kier molecular flexibility index (Phi) is 3.85. The number of piperidine rings is 1. The molecule has 6 heteroatoms. The monoisotopic (exact) mass is 286 g/mol. The number of rotatable bonds is 4. The van der Waals surface area contributed by atoms with E-state index in [4.69, 9.17) is 0 Å². The van der Waals surface area contributed by atoms with Gasteiger partial charge >= 0.3 is 0 Å². The minimum Gasteiger partial charge on any atom is -0.355 e. The van der Waals surface area contributed by atoms with Crippen molar-refractivity contribution in [3.63, 3.8) is 0 Å². The molecule has 0 spiro atoms. The number of pyridine rings is 1. The highest BCUT2D eigenvalue weighted by atomic mass is 16.2. The van der Waals surface area contributed by atoms with Gasteiger partial charge in [-0.3, -0.25) is 9.59 Å². The fourth-order valence-corrected chi connectivity index (χ4v) is 2.52. The Morgan fingerprint density at radius 3 is 3.14 bits per heavy atom. The predicted molar refractivity (Wildman–Crippen MR) is 77.6 cm³/mol. The first-order valence-corrected chi connectivity index (χ1v) is 7.19. The number of fused-ring (bicyclic) bond motifs is 1. The van der Waals surface area contributed by atoms with Crippen LogP contribution < -0.4 is 10.6 Å². The first kappa shape index (κ1) is 13.6. The molecule has 1 aliphatic heterocycles. The molecule has 1 unspecified atom stereocenters. The van der Waals surface area contributed by atoms with E-state index in [9.17, 15) is 9.59 Å². The van der Waals surface area contributed by atoms with Crippen molar-refractivity contribution in [2.75, 3.05) is 13.1 Å². The van der Waals surface area contributed by atoms with Crippen molar-refractivity contribution in [3.05, 3.63) is 36.3 Å². The van der Waals surface area contributed by atoms with Crippen LogP contribution in [0.2, 0.25) is 0 Å². The molecule has 1 atom stereocenters. The summed E-state index contributed by atoms with van der Waals surface area (Å²) < 4.78 is 1.97. The Morgan fingerprint density at radius 2 is 2.38 bits per heavy atom. The highest BCUT2D eigenvalue weighted by Crippen LogP contribution is 2.10. The summed E-state index contributed by atoms with van der Waals surface area (Å²) in [5.74, 6) is -0.0636. The van der Waals surface area contributed by atoms with E-state index in [1.165, 1.54) is 0 Å². The molecule has 110 valence electrons. The molecule has 0 aliphatic carbocycles. The van der Waals surface area contributed by atoms with E-state index in [2.05, 4.69) is 15.6 Å². The van der Waals surface area contributed by atoms with E-state index in [-0.39, 0.29) is 17.7 Å². The Morgan fingerprint density at radius 1 is 1.48 bits per heavy atom. The maximum atomic E-state index is 12.0. The van der Waals surface area contributed by atoms with Crippen LogP contribution >= 0.6 is 0 Å². The van der Waals surface area contributed by atoms with Crippen LogP contribution in [0.5, 0.6) is 0 Å². The van der Waals surface area contributed by atoms with Crippen molar-refractivity contribution >= 4 is 17.5 Å². The van der Waals surface area contributed by atoms with E-state index >= 15 is 0 Å². The second kappa shape index (κ2) is 5.95. The zero-order valence-corrected chi connectivity index (χ0v) is 11.7. The summed E-state index contributed by atoms with van der Waals surface area (Å²) in [6, 6.07) is 5.86. The normalized spacial score (nSPS) is 18.5. The number of hydrogen-bond acceptors (Lipinski definition) is 3. The highest BCUT2D eigenvalue weighted by molar-refractivity contribution is 5.83. The van der Waals surface area contributed by atoms with Crippen LogP contribution in [0.4, 0.5) is 0 Å².